The van der Waals surface area contributed by atoms with Crippen molar-refractivity contribution in [3.05, 3.63) is 48.0 Å². The predicted molar refractivity (Wildman–Crippen MR) is 158 cm³/mol. The molecule has 5 heterocycles. The van der Waals surface area contributed by atoms with E-state index in [1.165, 1.54) is 11.0 Å². The van der Waals surface area contributed by atoms with Crippen molar-refractivity contribution in [1.29, 1.82) is 0 Å². The van der Waals surface area contributed by atoms with Crippen molar-refractivity contribution in [2.75, 3.05) is 69.7 Å². The molecule has 0 saturated carbocycles. The molecule has 10 nitrogen and oxygen atoms in total. The van der Waals surface area contributed by atoms with Gasteiger partial charge in [-0.2, -0.15) is 5.10 Å². The number of H-pyrrole nitrogens is 1. The summed E-state index contributed by atoms with van der Waals surface area (Å²) in [4.78, 5) is 27.6. The minimum Gasteiger partial charge on any atom is -0.378 e. The van der Waals surface area contributed by atoms with Crippen LogP contribution < -0.4 is 10.2 Å². The van der Waals surface area contributed by atoms with Crippen molar-refractivity contribution in [1.82, 2.24) is 34.7 Å². The van der Waals surface area contributed by atoms with Gasteiger partial charge in [-0.25, -0.2) is 14.3 Å². The van der Waals surface area contributed by atoms with E-state index < -0.39 is 0 Å². The SMILES string of the molecule is C=CC(=O)NCCSN1CCN(Cc2cc3nc(-c4cccc5[nH]ncc45)nc(N4CCOCC4)c3s2)CC1. The number of nitrogens with one attached hydrogen (secondary N) is 2. The maximum Gasteiger partial charge on any atom is 0.243 e. The Labute approximate surface area is 235 Å². The number of rotatable bonds is 9. The van der Waals surface area contributed by atoms with E-state index in [-0.39, 0.29) is 5.91 Å². The highest BCUT2D eigenvalue weighted by Gasteiger charge is 2.23. The number of hydrogen-bond donors (Lipinski definition) is 2. The highest BCUT2D eigenvalue weighted by molar-refractivity contribution is 7.97. The normalized spacial score (nSPS) is 17.2. The number of aromatic amines is 1. The van der Waals surface area contributed by atoms with Crippen LogP contribution in [0.15, 0.2) is 43.1 Å². The lowest BCUT2D eigenvalue weighted by molar-refractivity contribution is -0.116. The number of ether oxygens (including phenoxy) is 1. The third kappa shape index (κ3) is 5.94. The molecule has 2 fully saturated rings. The van der Waals surface area contributed by atoms with Crippen molar-refractivity contribution in [2.45, 2.75) is 6.54 Å². The molecular weight excluding hydrogens is 532 g/mol. The first kappa shape index (κ1) is 26.2. The molecule has 12 heteroatoms. The number of benzene rings is 1. The van der Waals surface area contributed by atoms with E-state index in [0.29, 0.717) is 19.8 Å². The lowest BCUT2D eigenvalue weighted by Gasteiger charge is -2.33. The number of carbonyl (C=O) groups excluding carboxylic acids is 1. The molecule has 0 aliphatic carbocycles. The molecule has 3 aromatic heterocycles. The Kier molecular flexibility index (Phi) is 8.07. The lowest BCUT2D eigenvalue weighted by Crippen LogP contribution is -2.43. The summed E-state index contributed by atoms with van der Waals surface area (Å²) in [5.41, 5.74) is 2.97. The number of aromatic nitrogens is 4. The number of amides is 1. The van der Waals surface area contributed by atoms with E-state index in [0.717, 1.165) is 89.9 Å². The minimum absolute atomic E-state index is 0.115. The van der Waals surface area contributed by atoms with Gasteiger partial charge in [0.25, 0.3) is 0 Å². The van der Waals surface area contributed by atoms with Gasteiger partial charge < -0.3 is 15.0 Å². The molecular formula is C27H32N8O2S2. The molecule has 0 bridgehead atoms. The third-order valence-corrected chi connectivity index (χ3v) is 9.23. The standard InChI is InChI=1S/C27H32N8O2S2/c1-2-24(36)28-6-15-38-35-9-7-33(8-10-35)18-19-16-23-25(39-19)27(34-11-13-37-14-12-34)31-26(30-23)20-4-3-5-22-21(20)17-29-32-22/h2-5,16-17H,1,6-15,18H2,(H,28,36)(H,29,32). The maximum absolute atomic E-state index is 11.3. The van der Waals surface area contributed by atoms with Crippen LogP contribution in [0.3, 0.4) is 0 Å². The maximum atomic E-state index is 11.3. The number of anilines is 1. The summed E-state index contributed by atoms with van der Waals surface area (Å²) in [7, 11) is 0. The summed E-state index contributed by atoms with van der Waals surface area (Å²) >= 11 is 3.61. The first-order valence-electron chi connectivity index (χ1n) is 13.2. The first-order valence-corrected chi connectivity index (χ1v) is 15.0. The number of fused-ring (bicyclic) bond motifs is 2. The summed E-state index contributed by atoms with van der Waals surface area (Å²) in [5, 5.41) is 11.2. The van der Waals surface area contributed by atoms with Crippen LogP contribution in [0, 0.1) is 0 Å². The summed E-state index contributed by atoms with van der Waals surface area (Å²) in [6.07, 6.45) is 3.16. The zero-order valence-corrected chi connectivity index (χ0v) is 23.4. The van der Waals surface area contributed by atoms with Gasteiger partial charge in [-0.15, -0.1) is 11.3 Å². The van der Waals surface area contributed by atoms with E-state index in [4.69, 9.17) is 14.7 Å². The fraction of sp³-hybridized carbons (Fsp3) is 0.407. The molecule has 1 aromatic carbocycles. The first-order chi connectivity index (χ1) is 19.2. The van der Waals surface area contributed by atoms with Gasteiger partial charge in [0.1, 0.15) is 0 Å². The zero-order valence-electron chi connectivity index (χ0n) is 21.8. The smallest absolute Gasteiger partial charge is 0.243 e. The molecule has 2 saturated heterocycles. The van der Waals surface area contributed by atoms with Crippen molar-refractivity contribution >= 4 is 56.1 Å². The van der Waals surface area contributed by atoms with Crippen molar-refractivity contribution in [2.24, 2.45) is 0 Å². The fourth-order valence-corrected chi connectivity index (χ4v) is 7.00. The largest absolute Gasteiger partial charge is 0.378 e. The Morgan fingerprint density at radius 1 is 1.18 bits per heavy atom. The molecule has 1 amide bonds. The van der Waals surface area contributed by atoms with Gasteiger partial charge in [0, 0.05) is 73.9 Å². The van der Waals surface area contributed by atoms with Gasteiger partial charge in [-0.3, -0.25) is 14.8 Å². The van der Waals surface area contributed by atoms with Crippen LogP contribution in [-0.2, 0) is 16.1 Å². The molecule has 39 heavy (non-hydrogen) atoms. The highest BCUT2D eigenvalue weighted by atomic mass is 32.2. The number of carbonyl (C=O) groups is 1. The molecule has 4 aromatic rings. The van der Waals surface area contributed by atoms with Crippen LogP contribution in [0.2, 0.25) is 0 Å². The lowest BCUT2D eigenvalue weighted by atomic mass is 10.1. The molecule has 0 radical (unpaired) electrons. The Hall–Kier alpha value is -3.03. The Balaban J connectivity index is 1.19. The van der Waals surface area contributed by atoms with Crippen LogP contribution in [0.5, 0.6) is 0 Å². The number of thiophene rings is 1. The molecule has 6 rings (SSSR count). The van der Waals surface area contributed by atoms with Crippen molar-refractivity contribution in [3.8, 4) is 11.4 Å². The predicted octanol–water partition coefficient (Wildman–Crippen LogP) is 3.14. The van der Waals surface area contributed by atoms with Crippen LogP contribution in [-0.4, -0.2) is 100 Å². The molecule has 0 atom stereocenters. The number of morpholine rings is 1. The summed E-state index contributed by atoms with van der Waals surface area (Å²) in [6, 6.07) is 8.36. The van der Waals surface area contributed by atoms with Gasteiger partial charge in [-0.1, -0.05) is 30.7 Å². The van der Waals surface area contributed by atoms with Crippen LogP contribution in [0.4, 0.5) is 5.82 Å². The monoisotopic (exact) mass is 564 g/mol. The van der Waals surface area contributed by atoms with Crippen molar-refractivity contribution < 1.29 is 9.53 Å². The molecule has 2 N–H and O–H groups in total. The number of piperazine rings is 1. The molecule has 2 aliphatic rings. The van der Waals surface area contributed by atoms with Crippen LogP contribution >= 0.6 is 23.3 Å². The highest BCUT2D eigenvalue weighted by Crippen LogP contribution is 2.36. The third-order valence-electron chi connectivity index (χ3n) is 7.01. The quantitative estimate of drug-likeness (QED) is 0.180. The van der Waals surface area contributed by atoms with E-state index in [1.807, 2.05) is 29.7 Å². The minimum atomic E-state index is -0.115. The average molecular weight is 565 g/mol. The Bertz CT molecular complexity index is 1460. The second-order valence-electron chi connectivity index (χ2n) is 9.57. The summed E-state index contributed by atoms with van der Waals surface area (Å²) in [6.45, 7) is 12.1. The van der Waals surface area contributed by atoms with E-state index in [9.17, 15) is 4.79 Å². The van der Waals surface area contributed by atoms with Crippen LogP contribution in [0.25, 0.3) is 32.5 Å². The van der Waals surface area contributed by atoms with Gasteiger partial charge in [-0.05, 0) is 18.2 Å². The topological polar surface area (TPSA) is 103 Å². The second kappa shape index (κ2) is 12.0. The Morgan fingerprint density at radius 3 is 2.85 bits per heavy atom. The van der Waals surface area contributed by atoms with E-state index in [2.05, 4.69) is 48.3 Å². The molecule has 0 unspecified atom stereocenters. The molecule has 204 valence electrons. The number of nitrogens with zero attached hydrogens (tertiary/aromatic N) is 6. The summed E-state index contributed by atoms with van der Waals surface area (Å²) in [5.74, 6) is 2.49. The Morgan fingerprint density at radius 2 is 2.03 bits per heavy atom. The molecule has 2 aliphatic heterocycles. The summed E-state index contributed by atoms with van der Waals surface area (Å²) < 4.78 is 9.17. The van der Waals surface area contributed by atoms with Gasteiger partial charge in [0.15, 0.2) is 11.6 Å². The van der Waals surface area contributed by atoms with Gasteiger partial charge in [0.05, 0.1) is 35.1 Å². The van der Waals surface area contributed by atoms with Gasteiger partial charge in [0.2, 0.25) is 5.91 Å². The second-order valence-corrected chi connectivity index (χ2v) is 11.9. The van der Waals surface area contributed by atoms with Crippen molar-refractivity contribution in [3.63, 3.8) is 0 Å². The van der Waals surface area contributed by atoms with E-state index >= 15 is 0 Å². The van der Waals surface area contributed by atoms with Gasteiger partial charge >= 0.3 is 0 Å². The molecule has 0 spiro atoms. The zero-order chi connectivity index (χ0) is 26.6. The fourth-order valence-electron chi connectivity index (χ4n) is 4.97. The van der Waals surface area contributed by atoms with Crippen LogP contribution in [0.1, 0.15) is 4.88 Å². The number of hydrogen-bond acceptors (Lipinski definition) is 10. The average Bonchev–Trinajstić information content (AvgIpc) is 3.62. The van der Waals surface area contributed by atoms with E-state index in [1.54, 1.807) is 11.9 Å².